The third-order valence-electron chi connectivity index (χ3n) is 4.12. The summed E-state index contributed by atoms with van der Waals surface area (Å²) in [5, 5.41) is 14.6. The molecule has 1 atom stereocenters. The fraction of sp³-hybridized carbons (Fsp3) is 0.500. The van der Waals surface area contributed by atoms with Gasteiger partial charge in [-0.3, -0.25) is 0 Å². The standard InChI is InChI=1S/C16H22N2O3/c1-11(12-7-3-2-4-8-12)17-16(21)18-14-10-6-5-9-13(14)15(19)20/h5-6,9-12H,2-4,7-8H2,1H3,(H,19,20)(H2,17,18,21). The van der Waals surface area contributed by atoms with E-state index < -0.39 is 5.97 Å². The van der Waals surface area contributed by atoms with Crippen molar-refractivity contribution in [2.75, 3.05) is 5.32 Å². The van der Waals surface area contributed by atoms with Crippen LogP contribution in [0.5, 0.6) is 0 Å². The van der Waals surface area contributed by atoms with Crippen molar-refractivity contribution in [3.63, 3.8) is 0 Å². The Bertz CT molecular complexity index is 510. The summed E-state index contributed by atoms with van der Waals surface area (Å²) in [4.78, 5) is 23.1. The number of hydrogen-bond acceptors (Lipinski definition) is 2. The molecular formula is C16H22N2O3. The number of carboxylic acids is 1. The topological polar surface area (TPSA) is 78.4 Å². The Morgan fingerprint density at radius 3 is 2.52 bits per heavy atom. The first-order valence-corrected chi connectivity index (χ1v) is 7.48. The zero-order valence-corrected chi connectivity index (χ0v) is 12.3. The molecule has 21 heavy (non-hydrogen) atoms. The van der Waals surface area contributed by atoms with Gasteiger partial charge < -0.3 is 15.7 Å². The van der Waals surface area contributed by atoms with Crippen molar-refractivity contribution in [2.45, 2.75) is 45.1 Å². The maximum Gasteiger partial charge on any atom is 0.337 e. The van der Waals surface area contributed by atoms with E-state index in [1.54, 1.807) is 18.2 Å². The summed E-state index contributed by atoms with van der Waals surface area (Å²) in [5.41, 5.74) is 0.413. The lowest BCUT2D eigenvalue weighted by molar-refractivity contribution is 0.0698. The normalized spacial score (nSPS) is 17.0. The van der Waals surface area contributed by atoms with Gasteiger partial charge in [-0.1, -0.05) is 31.4 Å². The average molecular weight is 290 g/mol. The smallest absolute Gasteiger partial charge is 0.337 e. The number of rotatable bonds is 4. The Morgan fingerprint density at radius 1 is 1.19 bits per heavy atom. The molecule has 0 bridgehead atoms. The molecule has 1 fully saturated rings. The van der Waals surface area contributed by atoms with Crippen molar-refractivity contribution in [3.8, 4) is 0 Å². The third kappa shape index (κ3) is 4.21. The number of aromatic carboxylic acids is 1. The quantitative estimate of drug-likeness (QED) is 0.794. The monoisotopic (exact) mass is 290 g/mol. The molecule has 0 aromatic heterocycles. The Balaban J connectivity index is 1.94. The highest BCUT2D eigenvalue weighted by Gasteiger charge is 2.21. The number of carbonyl (C=O) groups is 2. The lowest BCUT2D eigenvalue weighted by Gasteiger charge is -2.28. The van der Waals surface area contributed by atoms with E-state index in [1.165, 1.54) is 25.3 Å². The minimum absolute atomic E-state index is 0.0953. The minimum atomic E-state index is -1.05. The highest BCUT2D eigenvalue weighted by Crippen LogP contribution is 2.26. The number of amides is 2. The van der Waals surface area contributed by atoms with Crippen molar-refractivity contribution in [2.24, 2.45) is 5.92 Å². The zero-order chi connectivity index (χ0) is 15.2. The highest BCUT2D eigenvalue weighted by atomic mass is 16.4. The van der Waals surface area contributed by atoms with Crippen LogP contribution in [0, 0.1) is 5.92 Å². The van der Waals surface area contributed by atoms with E-state index in [0.717, 1.165) is 12.8 Å². The van der Waals surface area contributed by atoms with Crippen LogP contribution in [0.25, 0.3) is 0 Å². The first kappa shape index (κ1) is 15.4. The van der Waals surface area contributed by atoms with Crippen LogP contribution in [0.3, 0.4) is 0 Å². The lowest BCUT2D eigenvalue weighted by Crippen LogP contribution is -2.41. The summed E-state index contributed by atoms with van der Waals surface area (Å²) in [7, 11) is 0. The first-order valence-electron chi connectivity index (χ1n) is 7.48. The van der Waals surface area contributed by atoms with Crippen LogP contribution in [0.2, 0.25) is 0 Å². The predicted octanol–water partition coefficient (Wildman–Crippen LogP) is 3.48. The van der Waals surface area contributed by atoms with Gasteiger partial charge in [0.05, 0.1) is 11.3 Å². The van der Waals surface area contributed by atoms with Crippen LogP contribution >= 0.6 is 0 Å². The molecule has 0 spiro atoms. The number of carboxylic acid groups (broad SMARTS) is 1. The molecule has 2 amide bonds. The van der Waals surface area contributed by atoms with Gasteiger partial charge in [0, 0.05) is 6.04 Å². The lowest BCUT2D eigenvalue weighted by atomic mass is 9.85. The summed E-state index contributed by atoms with van der Waals surface area (Å²) in [6.45, 7) is 2.01. The molecule has 0 saturated heterocycles. The van der Waals surface area contributed by atoms with Crippen LogP contribution in [0.1, 0.15) is 49.4 Å². The summed E-state index contributed by atoms with van der Waals surface area (Å²) in [5.74, 6) is -0.537. The second-order valence-electron chi connectivity index (χ2n) is 5.64. The fourth-order valence-corrected chi connectivity index (χ4v) is 2.90. The molecule has 1 unspecified atom stereocenters. The van der Waals surface area contributed by atoms with Crippen molar-refractivity contribution >= 4 is 17.7 Å². The fourth-order valence-electron chi connectivity index (χ4n) is 2.90. The second-order valence-corrected chi connectivity index (χ2v) is 5.64. The van der Waals surface area contributed by atoms with Gasteiger partial charge in [-0.2, -0.15) is 0 Å². The number of carbonyl (C=O) groups excluding carboxylic acids is 1. The molecule has 1 saturated carbocycles. The number of nitrogens with one attached hydrogen (secondary N) is 2. The molecule has 1 aliphatic carbocycles. The molecule has 1 aromatic carbocycles. The molecule has 2 rings (SSSR count). The summed E-state index contributed by atoms with van der Waals surface area (Å²) in [6, 6.07) is 6.16. The first-order chi connectivity index (χ1) is 10.1. The number of urea groups is 1. The van der Waals surface area contributed by atoms with E-state index in [9.17, 15) is 9.59 Å². The Morgan fingerprint density at radius 2 is 1.86 bits per heavy atom. The molecule has 1 aromatic rings. The summed E-state index contributed by atoms with van der Waals surface area (Å²) >= 11 is 0. The van der Waals surface area contributed by atoms with Crippen LogP contribution in [0.4, 0.5) is 10.5 Å². The van der Waals surface area contributed by atoms with Gasteiger partial charge >= 0.3 is 12.0 Å². The number of hydrogen-bond donors (Lipinski definition) is 3. The van der Waals surface area contributed by atoms with Crippen molar-refractivity contribution < 1.29 is 14.7 Å². The van der Waals surface area contributed by atoms with Crippen LogP contribution in [-0.2, 0) is 0 Å². The number of para-hydroxylation sites is 1. The van der Waals surface area contributed by atoms with Gasteiger partial charge in [-0.15, -0.1) is 0 Å². The molecule has 0 radical (unpaired) electrons. The second kappa shape index (κ2) is 7.11. The molecule has 3 N–H and O–H groups in total. The molecule has 0 heterocycles. The van der Waals surface area contributed by atoms with Gasteiger partial charge in [-0.25, -0.2) is 9.59 Å². The van der Waals surface area contributed by atoms with Crippen LogP contribution in [-0.4, -0.2) is 23.1 Å². The molecular weight excluding hydrogens is 268 g/mol. The SMILES string of the molecule is CC(NC(=O)Nc1ccccc1C(=O)O)C1CCCCC1. The molecule has 5 nitrogen and oxygen atoms in total. The number of benzene rings is 1. The van der Waals surface area contributed by atoms with Gasteiger partial charge in [0.25, 0.3) is 0 Å². The minimum Gasteiger partial charge on any atom is -0.478 e. The summed E-state index contributed by atoms with van der Waals surface area (Å²) in [6.07, 6.45) is 6.02. The van der Waals surface area contributed by atoms with Gasteiger partial charge in [0.2, 0.25) is 0 Å². The Kier molecular flexibility index (Phi) is 5.20. The maximum absolute atomic E-state index is 12.0. The average Bonchev–Trinajstić information content (AvgIpc) is 2.48. The Labute approximate surface area is 124 Å². The van der Waals surface area contributed by atoms with Crippen LogP contribution < -0.4 is 10.6 Å². The van der Waals surface area contributed by atoms with Gasteiger partial charge in [0.15, 0.2) is 0 Å². The highest BCUT2D eigenvalue weighted by molar-refractivity contribution is 5.99. The van der Waals surface area contributed by atoms with E-state index in [-0.39, 0.29) is 17.6 Å². The summed E-state index contributed by atoms with van der Waals surface area (Å²) < 4.78 is 0. The maximum atomic E-state index is 12.0. The van der Waals surface area contributed by atoms with Crippen molar-refractivity contribution in [1.82, 2.24) is 5.32 Å². The van der Waals surface area contributed by atoms with E-state index in [2.05, 4.69) is 10.6 Å². The van der Waals surface area contributed by atoms with E-state index in [4.69, 9.17) is 5.11 Å². The van der Waals surface area contributed by atoms with Crippen molar-refractivity contribution in [3.05, 3.63) is 29.8 Å². The molecule has 1 aliphatic rings. The zero-order valence-electron chi connectivity index (χ0n) is 12.3. The number of anilines is 1. The third-order valence-corrected chi connectivity index (χ3v) is 4.12. The molecule has 5 heteroatoms. The van der Waals surface area contributed by atoms with Gasteiger partial charge in [0.1, 0.15) is 0 Å². The molecule has 0 aliphatic heterocycles. The van der Waals surface area contributed by atoms with Crippen LogP contribution in [0.15, 0.2) is 24.3 Å². The molecule has 114 valence electrons. The van der Waals surface area contributed by atoms with E-state index >= 15 is 0 Å². The van der Waals surface area contributed by atoms with Gasteiger partial charge in [-0.05, 0) is 37.8 Å². The van der Waals surface area contributed by atoms with Crippen molar-refractivity contribution in [1.29, 1.82) is 0 Å². The van der Waals surface area contributed by atoms with E-state index in [0.29, 0.717) is 11.6 Å². The van der Waals surface area contributed by atoms with E-state index in [1.807, 2.05) is 6.92 Å². The Hall–Kier alpha value is -2.04. The largest absolute Gasteiger partial charge is 0.478 e. The predicted molar refractivity (Wildman–Crippen MR) is 81.6 cm³/mol.